The molecule has 1 aliphatic rings. The zero-order valence-electron chi connectivity index (χ0n) is 6.23. The van der Waals surface area contributed by atoms with Crippen LogP contribution in [0, 0.1) is 17.8 Å². The van der Waals surface area contributed by atoms with E-state index in [1.165, 1.54) is 12.8 Å². The van der Waals surface area contributed by atoms with Crippen LogP contribution in [0.1, 0.15) is 26.7 Å². The fourth-order valence-electron chi connectivity index (χ4n) is 1.37. The summed E-state index contributed by atoms with van der Waals surface area (Å²) in [6.45, 7) is 4.54. The van der Waals surface area contributed by atoms with Crippen LogP contribution in [0.25, 0.3) is 0 Å². The maximum atomic E-state index is 5.80. The Labute approximate surface area is 62.6 Å². The minimum absolute atomic E-state index is 0.787. The lowest BCUT2D eigenvalue weighted by Gasteiger charge is -2.15. The Hall–Kier alpha value is 0.290. The zero-order valence-corrected chi connectivity index (χ0v) is 6.99. The van der Waals surface area contributed by atoms with Gasteiger partial charge in [0.1, 0.15) is 0 Å². The summed E-state index contributed by atoms with van der Waals surface area (Å²) >= 11 is 5.80. The number of hydrogen-bond donors (Lipinski definition) is 0. The standard InChI is InChI=1S/C8H15Cl/c1-6(2)8(5-9)7-3-4-7/h6-8H,3-5H2,1-2H3. The van der Waals surface area contributed by atoms with E-state index in [4.69, 9.17) is 11.6 Å². The third-order valence-corrected chi connectivity index (χ3v) is 2.62. The van der Waals surface area contributed by atoms with E-state index in [-0.39, 0.29) is 0 Å². The predicted molar refractivity (Wildman–Crippen MR) is 41.8 cm³/mol. The maximum absolute atomic E-state index is 5.80. The van der Waals surface area contributed by atoms with Gasteiger partial charge in [0.2, 0.25) is 0 Å². The Morgan fingerprint density at radius 2 is 2.00 bits per heavy atom. The Kier molecular flexibility index (Phi) is 2.40. The molecule has 1 atom stereocenters. The largest absolute Gasteiger partial charge is 0.126 e. The Morgan fingerprint density at radius 3 is 2.11 bits per heavy atom. The van der Waals surface area contributed by atoms with Gasteiger partial charge in [0.05, 0.1) is 0 Å². The van der Waals surface area contributed by atoms with Crippen LogP contribution >= 0.6 is 11.6 Å². The highest BCUT2D eigenvalue weighted by Crippen LogP contribution is 2.40. The van der Waals surface area contributed by atoms with Gasteiger partial charge >= 0.3 is 0 Å². The third-order valence-electron chi connectivity index (χ3n) is 2.26. The Balaban J connectivity index is 2.28. The van der Waals surface area contributed by atoms with Crippen molar-refractivity contribution < 1.29 is 0 Å². The predicted octanol–water partition coefficient (Wildman–Crippen LogP) is 2.91. The van der Waals surface area contributed by atoms with Gasteiger partial charge in [-0.25, -0.2) is 0 Å². The summed E-state index contributed by atoms with van der Waals surface area (Å²) in [5.74, 6) is 3.42. The molecule has 0 spiro atoms. The van der Waals surface area contributed by atoms with Crippen LogP contribution in [0.2, 0.25) is 0 Å². The van der Waals surface area contributed by atoms with Crippen LogP contribution in [0.5, 0.6) is 0 Å². The molecule has 0 aromatic rings. The van der Waals surface area contributed by atoms with Gasteiger partial charge in [-0.05, 0) is 30.6 Å². The first-order valence-corrected chi connectivity index (χ1v) is 4.35. The molecule has 0 aliphatic heterocycles. The molecule has 1 unspecified atom stereocenters. The van der Waals surface area contributed by atoms with Crippen molar-refractivity contribution in [3.8, 4) is 0 Å². The highest BCUT2D eigenvalue weighted by Gasteiger charge is 2.31. The number of alkyl halides is 1. The van der Waals surface area contributed by atoms with E-state index in [0.29, 0.717) is 0 Å². The SMILES string of the molecule is CC(C)C(CCl)C1CC1. The van der Waals surface area contributed by atoms with Crippen LogP contribution in [0.3, 0.4) is 0 Å². The molecule has 1 aliphatic carbocycles. The van der Waals surface area contributed by atoms with Gasteiger partial charge in [0.25, 0.3) is 0 Å². The summed E-state index contributed by atoms with van der Waals surface area (Å²) in [7, 11) is 0. The maximum Gasteiger partial charge on any atom is 0.0256 e. The quantitative estimate of drug-likeness (QED) is 0.538. The second kappa shape index (κ2) is 2.92. The molecule has 0 saturated heterocycles. The number of halogens is 1. The summed E-state index contributed by atoms with van der Waals surface area (Å²) in [4.78, 5) is 0. The van der Waals surface area contributed by atoms with Crippen molar-refractivity contribution in [2.45, 2.75) is 26.7 Å². The van der Waals surface area contributed by atoms with Crippen molar-refractivity contribution >= 4 is 11.6 Å². The molecule has 0 radical (unpaired) electrons. The second-order valence-electron chi connectivity index (χ2n) is 3.40. The van der Waals surface area contributed by atoms with Crippen molar-refractivity contribution in [3.63, 3.8) is 0 Å². The van der Waals surface area contributed by atoms with E-state index in [9.17, 15) is 0 Å². The van der Waals surface area contributed by atoms with Crippen LogP contribution in [0.4, 0.5) is 0 Å². The summed E-state index contributed by atoms with van der Waals surface area (Å²) in [5.41, 5.74) is 0. The highest BCUT2D eigenvalue weighted by atomic mass is 35.5. The van der Waals surface area contributed by atoms with Gasteiger partial charge in [-0.15, -0.1) is 11.6 Å². The normalized spacial score (nSPS) is 22.7. The molecule has 0 aromatic heterocycles. The fraction of sp³-hybridized carbons (Fsp3) is 1.00. The molecular weight excluding hydrogens is 132 g/mol. The third kappa shape index (κ3) is 1.86. The van der Waals surface area contributed by atoms with Crippen molar-refractivity contribution in [1.29, 1.82) is 0 Å². The van der Waals surface area contributed by atoms with Gasteiger partial charge < -0.3 is 0 Å². The molecule has 0 N–H and O–H groups in total. The van der Waals surface area contributed by atoms with Crippen molar-refractivity contribution in [1.82, 2.24) is 0 Å². The number of hydrogen-bond acceptors (Lipinski definition) is 0. The molecule has 0 nitrogen and oxygen atoms in total. The summed E-state index contributed by atoms with van der Waals surface area (Å²) in [5, 5.41) is 0. The lowest BCUT2D eigenvalue weighted by Crippen LogP contribution is -2.12. The monoisotopic (exact) mass is 146 g/mol. The summed E-state index contributed by atoms with van der Waals surface area (Å²) in [6, 6.07) is 0. The van der Waals surface area contributed by atoms with Crippen LogP contribution in [-0.2, 0) is 0 Å². The van der Waals surface area contributed by atoms with E-state index in [0.717, 1.165) is 23.6 Å². The first kappa shape index (κ1) is 7.40. The zero-order chi connectivity index (χ0) is 6.85. The van der Waals surface area contributed by atoms with Crippen molar-refractivity contribution in [2.75, 3.05) is 5.88 Å². The molecule has 1 fully saturated rings. The molecule has 0 aromatic carbocycles. The van der Waals surface area contributed by atoms with Gasteiger partial charge in [0, 0.05) is 5.88 Å². The fourth-order valence-corrected chi connectivity index (χ4v) is 1.98. The molecule has 0 amide bonds. The van der Waals surface area contributed by atoms with Gasteiger partial charge in [-0.1, -0.05) is 13.8 Å². The summed E-state index contributed by atoms with van der Waals surface area (Å²) in [6.07, 6.45) is 2.85. The van der Waals surface area contributed by atoms with E-state index in [1.807, 2.05) is 0 Å². The first-order valence-electron chi connectivity index (χ1n) is 3.81. The minimum atomic E-state index is 0.787. The van der Waals surface area contributed by atoms with Crippen LogP contribution in [-0.4, -0.2) is 5.88 Å². The topological polar surface area (TPSA) is 0 Å². The van der Waals surface area contributed by atoms with E-state index in [1.54, 1.807) is 0 Å². The average molecular weight is 147 g/mol. The van der Waals surface area contributed by atoms with E-state index < -0.39 is 0 Å². The van der Waals surface area contributed by atoms with Gasteiger partial charge in [-0.3, -0.25) is 0 Å². The Bertz CT molecular complexity index is 82.6. The molecule has 0 bridgehead atoms. The molecule has 1 rings (SSSR count). The highest BCUT2D eigenvalue weighted by molar-refractivity contribution is 6.18. The number of rotatable bonds is 3. The van der Waals surface area contributed by atoms with Gasteiger partial charge in [0.15, 0.2) is 0 Å². The first-order chi connectivity index (χ1) is 4.25. The van der Waals surface area contributed by atoms with E-state index in [2.05, 4.69) is 13.8 Å². The second-order valence-corrected chi connectivity index (χ2v) is 3.71. The lowest BCUT2D eigenvalue weighted by atomic mass is 9.93. The molecule has 9 heavy (non-hydrogen) atoms. The van der Waals surface area contributed by atoms with E-state index >= 15 is 0 Å². The van der Waals surface area contributed by atoms with Crippen molar-refractivity contribution in [3.05, 3.63) is 0 Å². The molecule has 1 heteroatoms. The molecule has 1 saturated carbocycles. The molecule has 0 heterocycles. The lowest BCUT2D eigenvalue weighted by molar-refractivity contribution is 0.377. The van der Waals surface area contributed by atoms with Crippen LogP contribution < -0.4 is 0 Å². The average Bonchev–Trinajstić information content (AvgIpc) is 2.50. The Morgan fingerprint density at radius 1 is 1.44 bits per heavy atom. The molecule has 54 valence electrons. The van der Waals surface area contributed by atoms with Gasteiger partial charge in [-0.2, -0.15) is 0 Å². The van der Waals surface area contributed by atoms with Crippen LogP contribution in [0.15, 0.2) is 0 Å². The molecular formula is C8H15Cl. The summed E-state index contributed by atoms with van der Waals surface area (Å²) < 4.78 is 0. The smallest absolute Gasteiger partial charge is 0.0256 e. The minimum Gasteiger partial charge on any atom is -0.126 e. The van der Waals surface area contributed by atoms with Crippen molar-refractivity contribution in [2.24, 2.45) is 17.8 Å².